The van der Waals surface area contributed by atoms with E-state index in [9.17, 15) is 9.59 Å². The van der Waals surface area contributed by atoms with E-state index in [1.165, 1.54) is 11.1 Å². The van der Waals surface area contributed by atoms with E-state index in [0.29, 0.717) is 72.0 Å². The number of carbonyl (C=O) groups is 4. The molecule has 0 bridgehead atoms. The van der Waals surface area contributed by atoms with Crippen LogP contribution in [0.3, 0.4) is 0 Å². The standard InChI is InChI=1S/C64H95NO6/c1-37(2)41-21-27-63(35-70-39(5)66)31-29-59(13)43(51(41)63)17-19-49-57(11)33-45(53(68)55(7,8)47(57)23-25-61(49,59)15)65-46-34-58(12)48(56(9,10)54(46)69)24-26-62(16)50(58)20-18-44-52-42(38(3)4)22-28-64(52,36-71-40(6)67)32-30-60(44,62)14/h33-34,41-44,47-52,65H,1,3,17-32,35-36H2,2,4-16H3/t41-,42-,43+,44+,47-,48-,49+,50+,51+,52+,57-,58-,59+,60+,61+,62+,63+,64+/m0/s1. The summed E-state index contributed by atoms with van der Waals surface area (Å²) >= 11 is 0. The molecular formula is C64H95NO6. The molecule has 0 amide bonds. The Labute approximate surface area is 429 Å². The third kappa shape index (κ3) is 6.75. The zero-order chi connectivity index (χ0) is 51.7. The number of ether oxygens (including phenoxy) is 2. The molecule has 0 aromatic rings. The van der Waals surface area contributed by atoms with Crippen molar-refractivity contribution in [3.8, 4) is 0 Å². The predicted octanol–water partition coefficient (Wildman–Crippen LogP) is 14.4. The van der Waals surface area contributed by atoms with E-state index >= 15 is 9.59 Å². The van der Waals surface area contributed by atoms with Crippen LogP contribution in [-0.2, 0) is 28.7 Å². The van der Waals surface area contributed by atoms with Gasteiger partial charge in [0.1, 0.15) is 0 Å². The Hall–Kier alpha value is -2.96. The highest BCUT2D eigenvalue weighted by Gasteiger charge is 2.73. The molecule has 0 saturated heterocycles. The number of fused-ring (bicyclic) bond motifs is 14. The average Bonchev–Trinajstić information content (AvgIpc) is 3.87. The molecule has 1 N–H and O–H groups in total. The van der Waals surface area contributed by atoms with E-state index in [2.05, 4.69) is 114 Å². The second-order valence-corrected chi connectivity index (χ2v) is 29.7. The van der Waals surface area contributed by atoms with Crippen LogP contribution in [0.15, 0.2) is 47.9 Å². The molecule has 18 atom stereocenters. The molecule has 0 aromatic carbocycles. The van der Waals surface area contributed by atoms with E-state index in [4.69, 9.17) is 9.47 Å². The molecule has 71 heavy (non-hydrogen) atoms. The molecule has 0 spiro atoms. The lowest BCUT2D eigenvalue weighted by Gasteiger charge is -2.72. The molecule has 0 aromatic heterocycles. The Morgan fingerprint density at radius 2 is 0.859 bits per heavy atom. The third-order valence-electron chi connectivity index (χ3n) is 26.5. The van der Waals surface area contributed by atoms with Crippen LogP contribution in [0, 0.1) is 113 Å². The second kappa shape index (κ2) is 16.3. The quantitative estimate of drug-likeness (QED) is 0.191. The van der Waals surface area contributed by atoms with Crippen molar-refractivity contribution < 1.29 is 28.7 Å². The van der Waals surface area contributed by atoms with Gasteiger partial charge in [-0.2, -0.15) is 0 Å². The van der Waals surface area contributed by atoms with E-state index in [-0.39, 0.29) is 78.7 Å². The minimum absolute atomic E-state index is 0.00877. The normalized spacial score (nSPS) is 49.9. The second-order valence-electron chi connectivity index (χ2n) is 29.7. The number of carbonyl (C=O) groups excluding carboxylic acids is 4. The number of ketones is 2. The summed E-state index contributed by atoms with van der Waals surface area (Å²) in [5, 5.41) is 3.81. The fraction of sp³-hybridized carbons (Fsp3) is 0.812. The van der Waals surface area contributed by atoms with Crippen LogP contribution in [-0.4, -0.2) is 36.7 Å². The molecule has 10 rings (SSSR count). The van der Waals surface area contributed by atoms with Gasteiger partial charge in [0.15, 0.2) is 11.6 Å². The highest BCUT2D eigenvalue weighted by Crippen LogP contribution is 2.79. The topological polar surface area (TPSA) is 98.8 Å². The van der Waals surface area contributed by atoms with Crippen LogP contribution >= 0.6 is 0 Å². The Kier molecular flexibility index (Phi) is 11.8. The van der Waals surface area contributed by atoms with Crippen molar-refractivity contribution in [1.29, 1.82) is 0 Å². The predicted molar refractivity (Wildman–Crippen MR) is 282 cm³/mol. The minimum Gasteiger partial charge on any atom is -0.465 e. The summed E-state index contributed by atoms with van der Waals surface area (Å²) in [6.45, 7) is 42.1. The zero-order valence-electron chi connectivity index (χ0n) is 47.0. The summed E-state index contributed by atoms with van der Waals surface area (Å²) in [5.41, 5.74) is 2.43. The van der Waals surface area contributed by atoms with Gasteiger partial charge in [0.25, 0.3) is 0 Å². The molecule has 0 unspecified atom stereocenters. The van der Waals surface area contributed by atoms with Crippen molar-refractivity contribution in [2.24, 2.45) is 113 Å². The van der Waals surface area contributed by atoms with Crippen molar-refractivity contribution in [2.45, 2.75) is 200 Å². The molecule has 10 aliphatic rings. The molecular weight excluding hydrogens is 879 g/mol. The van der Waals surface area contributed by atoms with Gasteiger partial charge in [-0.1, -0.05) is 106 Å². The number of hydrogen-bond donors (Lipinski definition) is 1. The van der Waals surface area contributed by atoms with Gasteiger partial charge in [-0.3, -0.25) is 19.2 Å². The molecule has 10 aliphatic carbocycles. The lowest BCUT2D eigenvalue weighted by Crippen LogP contribution is -2.67. The third-order valence-corrected chi connectivity index (χ3v) is 26.5. The fourth-order valence-electron chi connectivity index (χ4n) is 22.9. The van der Waals surface area contributed by atoms with E-state index in [0.717, 1.165) is 103 Å². The summed E-state index contributed by atoms with van der Waals surface area (Å²) in [6, 6.07) is 0. The van der Waals surface area contributed by atoms with Crippen molar-refractivity contribution in [3.05, 3.63) is 47.9 Å². The van der Waals surface area contributed by atoms with Gasteiger partial charge in [-0.05, 0) is 208 Å². The Bertz CT molecular complexity index is 2230. The highest BCUT2D eigenvalue weighted by atomic mass is 16.5. The summed E-state index contributed by atoms with van der Waals surface area (Å²) in [7, 11) is 0. The van der Waals surface area contributed by atoms with Crippen molar-refractivity contribution >= 4 is 23.5 Å². The van der Waals surface area contributed by atoms with Crippen molar-refractivity contribution in [3.63, 3.8) is 0 Å². The molecule has 392 valence electrons. The number of rotatable bonds is 8. The summed E-state index contributed by atoms with van der Waals surface area (Å²) in [6.07, 6.45) is 22.4. The van der Waals surface area contributed by atoms with Gasteiger partial charge in [0, 0.05) is 35.5 Å². The van der Waals surface area contributed by atoms with Crippen LogP contribution in [0.2, 0.25) is 0 Å². The van der Waals surface area contributed by atoms with Gasteiger partial charge in [-0.25, -0.2) is 0 Å². The Balaban J connectivity index is 0.994. The number of hydrogen-bond acceptors (Lipinski definition) is 7. The molecule has 8 fully saturated rings. The first-order valence-electron chi connectivity index (χ1n) is 28.8. The van der Waals surface area contributed by atoms with E-state index < -0.39 is 10.8 Å². The first kappa shape index (κ1) is 51.5. The summed E-state index contributed by atoms with van der Waals surface area (Å²) in [5.74, 6) is 3.91. The lowest BCUT2D eigenvalue weighted by atomic mass is 9.32. The van der Waals surface area contributed by atoms with Gasteiger partial charge in [0.05, 0.1) is 24.6 Å². The fourth-order valence-corrected chi connectivity index (χ4v) is 22.9. The van der Waals surface area contributed by atoms with Crippen LogP contribution in [0.5, 0.6) is 0 Å². The van der Waals surface area contributed by atoms with E-state index in [1.54, 1.807) is 13.8 Å². The monoisotopic (exact) mass is 974 g/mol. The first-order valence-corrected chi connectivity index (χ1v) is 28.8. The number of Topliss-reactive ketones (excluding diaryl/α,β-unsaturated/α-hetero) is 2. The SMILES string of the molecule is C=C(C)[C@@H]1CC[C@]2(COC(C)=O)CC[C@]3(C)[C@H](CC[C@@H]4[C@@]5(C)C=C(NC6=C[C@]7(C)[C@H]8CC[C@@H]9[C@H]%10[C@H](C(=C)C)CC[C@]%10(COC(C)=O)CC[C@@]9(C)[C@]8(C)CC[C@H]7C(C)(C)C6=O)C(=O)C(C)(C)[C@@H]5CC[C@]43C)[C@@H]12. The van der Waals surface area contributed by atoms with Gasteiger partial charge < -0.3 is 14.8 Å². The molecule has 8 saturated carbocycles. The van der Waals surface area contributed by atoms with Crippen LogP contribution in [0.25, 0.3) is 0 Å². The number of esters is 2. The largest absolute Gasteiger partial charge is 0.465 e. The molecule has 0 aliphatic heterocycles. The molecule has 0 heterocycles. The Morgan fingerprint density at radius 1 is 0.493 bits per heavy atom. The first-order chi connectivity index (χ1) is 32.9. The zero-order valence-corrected chi connectivity index (χ0v) is 47.0. The maximum absolute atomic E-state index is 15.3. The molecule has 7 nitrogen and oxygen atoms in total. The van der Waals surface area contributed by atoms with Crippen LogP contribution in [0.1, 0.15) is 200 Å². The molecule has 0 radical (unpaired) electrons. The van der Waals surface area contributed by atoms with Crippen LogP contribution < -0.4 is 5.32 Å². The Morgan fingerprint density at radius 3 is 1.20 bits per heavy atom. The molecule has 7 heteroatoms. The van der Waals surface area contributed by atoms with Crippen molar-refractivity contribution in [1.82, 2.24) is 5.32 Å². The van der Waals surface area contributed by atoms with E-state index in [1.807, 2.05) is 0 Å². The van der Waals surface area contributed by atoms with Gasteiger partial charge in [0.2, 0.25) is 0 Å². The lowest BCUT2D eigenvalue weighted by molar-refractivity contribution is -0.223. The number of allylic oxidation sites excluding steroid dienone is 6. The highest BCUT2D eigenvalue weighted by molar-refractivity contribution is 6.05. The minimum atomic E-state index is -0.600. The number of nitrogens with one attached hydrogen (secondary N) is 1. The summed E-state index contributed by atoms with van der Waals surface area (Å²) in [4.78, 5) is 55.1. The average molecular weight is 974 g/mol. The maximum Gasteiger partial charge on any atom is 0.302 e. The van der Waals surface area contributed by atoms with Gasteiger partial charge in [-0.15, -0.1) is 0 Å². The summed E-state index contributed by atoms with van der Waals surface area (Å²) < 4.78 is 11.9. The smallest absolute Gasteiger partial charge is 0.302 e. The van der Waals surface area contributed by atoms with Crippen molar-refractivity contribution in [2.75, 3.05) is 13.2 Å². The van der Waals surface area contributed by atoms with Crippen LogP contribution in [0.4, 0.5) is 0 Å². The maximum atomic E-state index is 15.3. The van der Waals surface area contributed by atoms with Gasteiger partial charge >= 0.3 is 11.9 Å².